The SMILES string of the molecule is CCN(CC)CCN(C(=O)c1cc2ccccc2cc1OC)c1nc2cc(C)cc(C)c2s1. The van der Waals surface area contributed by atoms with E-state index in [4.69, 9.17) is 9.72 Å². The summed E-state index contributed by atoms with van der Waals surface area (Å²) in [7, 11) is 1.62. The van der Waals surface area contributed by atoms with Crippen molar-refractivity contribution in [2.75, 3.05) is 38.2 Å². The highest BCUT2D eigenvalue weighted by Gasteiger charge is 2.25. The van der Waals surface area contributed by atoms with Gasteiger partial charge in [-0.1, -0.05) is 55.5 Å². The maximum absolute atomic E-state index is 14.0. The summed E-state index contributed by atoms with van der Waals surface area (Å²) in [5, 5.41) is 2.79. The van der Waals surface area contributed by atoms with Gasteiger partial charge in [-0.15, -0.1) is 0 Å². The van der Waals surface area contributed by atoms with Crippen LogP contribution in [0, 0.1) is 13.8 Å². The number of amides is 1. The average Bonchev–Trinajstić information content (AvgIpc) is 3.24. The first kappa shape index (κ1) is 23.2. The van der Waals surface area contributed by atoms with Crippen LogP contribution in [0.15, 0.2) is 48.5 Å². The van der Waals surface area contributed by atoms with Gasteiger partial charge in [-0.2, -0.15) is 0 Å². The second-order valence-corrected chi connectivity index (χ2v) is 9.29. The molecule has 0 atom stereocenters. The number of hydrogen-bond acceptors (Lipinski definition) is 5. The fraction of sp³-hybridized carbons (Fsp3) is 0.333. The topological polar surface area (TPSA) is 45.7 Å². The lowest BCUT2D eigenvalue weighted by Crippen LogP contribution is -2.39. The number of aromatic nitrogens is 1. The predicted octanol–water partition coefficient (Wildman–Crippen LogP) is 6.06. The Morgan fingerprint density at radius 1 is 1.00 bits per heavy atom. The van der Waals surface area contributed by atoms with Crippen molar-refractivity contribution < 1.29 is 9.53 Å². The zero-order valence-electron chi connectivity index (χ0n) is 20.0. The van der Waals surface area contributed by atoms with Crippen LogP contribution in [0.4, 0.5) is 5.13 Å². The first-order chi connectivity index (χ1) is 15.9. The fourth-order valence-corrected chi connectivity index (χ4v) is 5.29. The van der Waals surface area contributed by atoms with Crippen molar-refractivity contribution in [3.63, 3.8) is 0 Å². The Morgan fingerprint density at radius 3 is 2.36 bits per heavy atom. The Kier molecular flexibility index (Phi) is 6.96. The van der Waals surface area contributed by atoms with E-state index in [2.05, 4.69) is 44.7 Å². The summed E-state index contributed by atoms with van der Waals surface area (Å²) < 4.78 is 6.77. The molecule has 1 aromatic heterocycles. The molecule has 0 aliphatic heterocycles. The molecule has 33 heavy (non-hydrogen) atoms. The number of ether oxygens (including phenoxy) is 1. The van der Waals surface area contributed by atoms with E-state index in [1.807, 2.05) is 41.3 Å². The zero-order chi connectivity index (χ0) is 23.5. The number of hydrogen-bond donors (Lipinski definition) is 0. The maximum atomic E-state index is 14.0. The Morgan fingerprint density at radius 2 is 1.70 bits per heavy atom. The van der Waals surface area contributed by atoms with Gasteiger partial charge < -0.3 is 9.64 Å². The molecule has 5 nitrogen and oxygen atoms in total. The van der Waals surface area contributed by atoms with Gasteiger partial charge in [0, 0.05) is 13.1 Å². The minimum Gasteiger partial charge on any atom is -0.496 e. The lowest BCUT2D eigenvalue weighted by molar-refractivity contribution is 0.0981. The van der Waals surface area contributed by atoms with Gasteiger partial charge in [0.2, 0.25) is 0 Å². The van der Waals surface area contributed by atoms with E-state index < -0.39 is 0 Å². The minimum atomic E-state index is -0.0850. The predicted molar refractivity (Wildman–Crippen MR) is 139 cm³/mol. The van der Waals surface area contributed by atoms with Gasteiger partial charge in [-0.05, 0) is 67.0 Å². The van der Waals surface area contributed by atoms with Crippen molar-refractivity contribution in [2.45, 2.75) is 27.7 Å². The second kappa shape index (κ2) is 9.89. The number of thiazole rings is 1. The highest BCUT2D eigenvalue weighted by Crippen LogP contribution is 2.34. The summed E-state index contributed by atoms with van der Waals surface area (Å²) in [4.78, 5) is 23.0. The summed E-state index contributed by atoms with van der Waals surface area (Å²) >= 11 is 1.58. The standard InChI is InChI=1S/C27H31N3O2S/c1-6-29(7-2)12-13-30(27-28-23-15-18(3)14-19(4)25(23)33-27)26(31)22-16-20-10-8-9-11-21(20)17-24(22)32-5/h8-11,14-17H,6-7,12-13H2,1-5H3. The quantitative estimate of drug-likeness (QED) is 0.320. The van der Waals surface area contributed by atoms with Crippen LogP contribution in [0.1, 0.15) is 35.3 Å². The molecule has 1 heterocycles. The molecule has 172 valence electrons. The van der Waals surface area contributed by atoms with E-state index in [1.165, 1.54) is 11.1 Å². The van der Waals surface area contributed by atoms with Crippen LogP contribution in [-0.2, 0) is 0 Å². The van der Waals surface area contributed by atoms with Gasteiger partial charge in [0.15, 0.2) is 5.13 Å². The number of rotatable bonds is 8. The molecule has 0 saturated carbocycles. The molecule has 0 bridgehead atoms. The Balaban J connectivity index is 1.80. The third kappa shape index (κ3) is 4.72. The van der Waals surface area contributed by atoms with Crippen molar-refractivity contribution in [1.82, 2.24) is 9.88 Å². The van der Waals surface area contributed by atoms with Gasteiger partial charge in [0.1, 0.15) is 5.75 Å². The molecular weight excluding hydrogens is 430 g/mol. The Hall–Kier alpha value is -2.96. The summed E-state index contributed by atoms with van der Waals surface area (Å²) in [6.45, 7) is 11.7. The second-order valence-electron chi connectivity index (χ2n) is 8.31. The number of nitrogens with zero attached hydrogens (tertiary/aromatic N) is 3. The molecule has 3 aromatic carbocycles. The largest absolute Gasteiger partial charge is 0.496 e. The zero-order valence-corrected chi connectivity index (χ0v) is 20.8. The van der Waals surface area contributed by atoms with Crippen LogP contribution in [-0.4, -0.2) is 49.1 Å². The molecule has 0 unspecified atom stereocenters. The molecule has 1 amide bonds. The molecule has 6 heteroatoms. The first-order valence-corrected chi connectivity index (χ1v) is 12.3. The van der Waals surface area contributed by atoms with Crippen molar-refractivity contribution in [3.05, 3.63) is 65.2 Å². The van der Waals surface area contributed by atoms with Crippen LogP contribution >= 0.6 is 11.3 Å². The molecule has 0 spiro atoms. The van der Waals surface area contributed by atoms with Crippen LogP contribution in [0.2, 0.25) is 0 Å². The smallest absolute Gasteiger partial charge is 0.263 e. The molecule has 0 aliphatic carbocycles. The molecule has 0 radical (unpaired) electrons. The average molecular weight is 462 g/mol. The maximum Gasteiger partial charge on any atom is 0.263 e. The number of methoxy groups -OCH3 is 1. The number of carbonyl (C=O) groups is 1. The Labute approximate surface area is 199 Å². The van der Waals surface area contributed by atoms with Gasteiger partial charge in [-0.3, -0.25) is 9.69 Å². The number of likely N-dealkylation sites (N-methyl/N-ethyl adjacent to an activating group) is 1. The van der Waals surface area contributed by atoms with Crippen LogP contribution < -0.4 is 9.64 Å². The van der Waals surface area contributed by atoms with Crippen LogP contribution in [0.5, 0.6) is 5.75 Å². The summed E-state index contributed by atoms with van der Waals surface area (Å²) in [5.74, 6) is 0.498. The third-order valence-electron chi connectivity index (χ3n) is 6.12. The molecule has 0 aliphatic rings. The first-order valence-electron chi connectivity index (χ1n) is 11.4. The van der Waals surface area contributed by atoms with Crippen molar-refractivity contribution in [2.24, 2.45) is 0 Å². The van der Waals surface area contributed by atoms with Gasteiger partial charge in [0.05, 0.1) is 22.9 Å². The van der Waals surface area contributed by atoms with Gasteiger partial charge in [0.25, 0.3) is 5.91 Å². The van der Waals surface area contributed by atoms with Crippen molar-refractivity contribution >= 4 is 43.4 Å². The number of benzene rings is 3. The molecule has 0 N–H and O–H groups in total. The number of carbonyl (C=O) groups excluding carboxylic acids is 1. The van der Waals surface area contributed by atoms with Gasteiger partial charge >= 0.3 is 0 Å². The van der Waals surface area contributed by atoms with Crippen molar-refractivity contribution in [1.29, 1.82) is 0 Å². The highest BCUT2D eigenvalue weighted by atomic mass is 32.1. The lowest BCUT2D eigenvalue weighted by Gasteiger charge is -2.25. The summed E-state index contributed by atoms with van der Waals surface area (Å²) in [6, 6.07) is 16.2. The van der Waals surface area contributed by atoms with E-state index in [0.29, 0.717) is 17.9 Å². The molecule has 0 saturated heterocycles. The number of aryl methyl sites for hydroxylation is 2. The highest BCUT2D eigenvalue weighted by molar-refractivity contribution is 7.22. The Bertz CT molecular complexity index is 1290. The molecule has 4 rings (SSSR count). The van der Waals surface area contributed by atoms with Crippen molar-refractivity contribution in [3.8, 4) is 5.75 Å². The molecule has 0 fully saturated rings. The lowest BCUT2D eigenvalue weighted by atomic mass is 10.0. The normalized spacial score (nSPS) is 11.5. The summed E-state index contributed by atoms with van der Waals surface area (Å²) in [5.41, 5.74) is 3.86. The molecule has 4 aromatic rings. The fourth-order valence-electron chi connectivity index (χ4n) is 4.25. The minimum absolute atomic E-state index is 0.0850. The van der Waals surface area contributed by atoms with E-state index in [-0.39, 0.29) is 5.91 Å². The van der Waals surface area contributed by atoms with Gasteiger partial charge in [-0.25, -0.2) is 4.98 Å². The monoisotopic (exact) mass is 461 g/mol. The van der Waals surface area contributed by atoms with E-state index in [1.54, 1.807) is 18.4 Å². The van der Waals surface area contributed by atoms with E-state index in [0.717, 1.165) is 45.8 Å². The number of anilines is 1. The molecular formula is C27H31N3O2S. The number of fused-ring (bicyclic) bond motifs is 2. The van der Waals surface area contributed by atoms with Crippen LogP contribution in [0.25, 0.3) is 21.0 Å². The summed E-state index contributed by atoms with van der Waals surface area (Å²) in [6.07, 6.45) is 0. The van der Waals surface area contributed by atoms with E-state index >= 15 is 0 Å². The third-order valence-corrected chi connectivity index (χ3v) is 7.35. The van der Waals surface area contributed by atoms with Crippen LogP contribution in [0.3, 0.4) is 0 Å². The van der Waals surface area contributed by atoms with E-state index in [9.17, 15) is 4.79 Å².